The maximum atomic E-state index is 13.3. The molecule has 0 saturated carbocycles. The number of fused-ring (bicyclic) bond motifs is 1. The number of sulfonamides is 1. The lowest BCUT2D eigenvalue weighted by Crippen LogP contribution is -2.55. The van der Waals surface area contributed by atoms with Crippen LogP contribution >= 0.6 is 11.3 Å². The molecule has 154 valence electrons. The second-order valence-corrected chi connectivity index (χ2v) is 10.2. The molecule has 1 aliphatic rings. The van der Waals surface area contributed by atoms with E-state index in [1.54, 1.807) is 28.4 Å². The lowest BCUT2D eigenvalue weighted by atomic mass is 10.2. The molecule has 1 fully saturated rings. The molecule has 0 bridgehead atoms. The first-order valence-electron chi connectivity index (χ1n) is 9.31. The van der Waals surface area contributed by atoms with Crippen LogP contribution in [-0.2, 0) is 16.6 Å². The van der Waals surface area contributed by atoms with Gasteiger partial charge in [-0.05, 0) is 42.1 Å². The van der Waals surface area contributed by atoms with E-state index in [1.807, 2.05) is 29.0 Å². The summed E-state index contributed by atoms with van der Waals surface area (Å²) >= 11 is 1.56. The number of rotatable bonds is 4. The molecule has 1 amide bonds. The summed E-state index contributed by atoms with van der Waals surface area (Å²) in [5.74, 6) is -0.410. The summed E-state index contributed by atoms with van der Waals surface area (Å²) in [7, 11) is -3.29. The molecule has 0 radical (unpaired) electrons. The number of piperazine rings is 1. The molecule has 1 atom stereocenters. The molecule has 2 aromatic heterocycles. The smallest absolute Gasteiger partial charge is 0.270 e. The fourth-order valence-corrected chi connectivity index (χ4v) is 5.89. The van der Waals surface area contributed by atoms with Crippen molar-refractivity contribution in [2.24, 2.45) is 0 Å². The summed E-state index contributed by atoms with van der Waals surface area (Å²) in [5, 5.41) is 2.97. The summed E-state index contributed by atoms with van der Waals surface area (Å²) in [6.07, 6.45) is 1.20. The molecule has 0 N–H and O–H groups in total. The first kappa shape index (κ1) is 20.1. The highest BCUT2D eigenvalue weighted by molar-refractivity contribution is 7.88. The normalized spacial score (nSPS) is 18.4. The molecule has 0 spiro atoms. The summed E-state index contributed by atoms with van der Waals surface area (Å²) in [6, 6.07) is 9.85. The van der Waals surface area contributed by atoms with Crippen molar-refractivity contribution in [1.29, 1.82) is 0 Å². The van der Waals surface area contributed by atoms with Crippen molar-refractivity contribution in [3.8, 4) is 0 Å². The number of carbonyl (C=O) groups excluding carboxylic acids is 1. The van der Waals surface area contributed by atoms with Crippen molar-refractivity contribution < 1.29 is 17.6 Å². The number of thiophene rings is 1. The third-order valence-corrected chi connectivity index (χ3v) is 7.60. The molecule has 1 aromatic carbocycles. The summed E-state index contributed by atoms with van der Waals surface area (Å²) in [6.45, 7) is 3.27. The molecule has 0 unspecified atom stereocenters. The average Bonchev–Trinajstić information content (AvgIpc) is 3.24. The minimum atomic E-state index is -3.29. The molecule has 9 heteroatoms. The van der Waals surface area contributed by atoms with Crippen LogP contribution in [0.5, 0.6) is 0 Å². The van der Waals surface area contributed by atoms with E-state index in [-0.39, 0.29) is 17.8 Å². The number of halogens is 1. The summed E-state index contributed by atoms with van der Waals surface area (Å²) < 4.78 is 40.5. The van der Waals surface area contributed by atoms with Gasteiger partial charge in [-0.25, -0.2) is 12.8 Å². The Morgan fingerprint density at radius 1 is 1.21 bits per heavy atom. The van der Waals surface area contributed by atoms with Gasteiger partial charge in [0.25, 0.3) is 5.91 Å². The van der Waals surface area contributed by atoms with Crippen LogP contribution in [0.4, 0.5) is 4.39 Å². The third-order valence-electron chi connectivity index (χ3n) is 5.26. The van der Waals surface area contributed by atoms with Gasteiger partial charge in [0, 0.05) is 37.6 Å². The molecule has 29 heavy (non-hydrogen) atoms. The van der Waals surface area contributed by atoms with Crippen molar-refractivity contribution in [1.82, 2.24) is 13.8 Å². The highest BCUT2D eigenvalue weighted by atomic mass is 32.2. The van der Waals surface area contributed by atoms with Crippen LogP contribution in [0.1, 0.15) is 23.0 Å². The van der Waals surface area contributed by atoms with Crippen LogP contribution in [-0.4, -0.2) is 60.0 Å². The van der Waals surface area contributed by atoms with E-state index < -0.39 is 10.0 Å². The Morgan fingerprint density at radius 2 is 1.93 bits per heavy atom. The minimum absolute atomic E-state index is 0.115. The summed E-state index contributed by atoms with van der Waals surface area (Å²) in [4.78, 5) is 16.0. The first-order chi connectivity index (χ1) is 13.7. The van der Waals surface area contributed by atoms with E-state index in [4.69, 9.17) is 0 Å². The van der Waals surface area contributed by atoms with Crippen LogP contribution in [0.25, 0.3) is 10.2 Å². The third kappa shape index (κ3) is 3.94. The van der Waals surface area contributed by atoms with Gasteiger partial charge < -0.3 is 9.47 Å². The van der Waals surface area contributed by atoms with E-state index in [2.05, 4.69) is 0 Å². The monoisotopic (exact) mass is 435 g/mol. The van der Waals surface area contributed by atoms with Gasteiger partial charge in [0.05, 0.1) is 6.26 Å². The molecular weight excluding hydrogens is 413 g/mol. The summed E-state index contributed by atoms with van der Waals surface area (Å²) in [5.41, 5.74) is 1.47. The van der Waals surface area contributed by atoms with Gasteiger partial charge in [-0.3, -0.25) is 4.79 Å². The van der Waals surface area contributed by atoms with Crippen LogP contribution in [0.3, 0.4) is 0 Å². The number of benzene rings is 1. The lowest BCUT2D eigenvalue weighted by molar-refractivity contribution is 0.0633. The standard InChI is InChI=1S/C20H22FN3O3S2/c1-14-12-22(8-9-24(14)29(2,26)27)19(25)18-11-16-7-10-28-20(16)23(18)13-15-3-5-17(21)6-4-15/h3-7,10-11,14H,8-9,12-13H2,1-2H3/t14-/m1/s1. The fourth-order valence-electron chi connectivity index (χ4n) is 3.86. The van der Waals surface area contributed by atoms with E-state index in [0.717, 1.165) is 15.8 Å². The number of carbonyl (C=O) groups is 1. The van der Waals surface area contributed by atoms with Gasteiger partial charge in [-0.1, -0.05) is 12.1 Å². The predicted molar refractivity (Wildman–Crippen MR) is 112 cm³/mol. The van der Waals surface area contributed by atoms with Gasteiger partial charge >= 0.3 is 0 Å². The maximum absolute atomic E-state index is 13.3. The SMILES string of the molecule is C[C@@H]1CN(C(=O)c2cc3ccsc3n2Cc2ccc(F)cc2)CCN1S(C)(=O)=O. The van der Waals surface area contributed by atoms with Crippen LogP contribution in [0, 0.1) is 5.82 Å². The minimum Gasteiger partial charge on any atom is -0.334 e. The topological polar surface area (TPSA) is 62.6 Å². The number of aromatic nitrogens is 1. The highest BCUT2D eigenvalue weighted by Gasteiger charge is 2.33. The Bertz CT molecular complexity index is 1150. The van der Waals surface area contributed by atoms with Crippen molar-refractivity contribution in [3.05, 3.63) is 58.9 Å². The molecule has 6 nitrogen and oxygen atoms in total. The fraction of sp³-hybridized carbons (Fsp3) is 0.350. The largest absolute Gasteiger partial charge is 0.334 e. The van der Waals surface area contributed by atoms with Gasteiger partial charge in [0.2, 0.25) is 10.0 Å². The molecule has 1 aliphatic heterocycles. The van der Waals surface area contributed by atoms with Gasteiger partial charge in [-0.2, -0.15) is 4.31 Å². The molecular formula is C20H22FN3O3S2. The van der Waals surface area contributed by atoms with E-state index in [0.29, 0.717) is 31.9 Å². The Morgan fingerprint density at radius 3 is 2.59 bits per heavy atom. The molecule has 0 aliphatic carbocycles. The number of amides is 1. The molecule has 4 rings (SSSR count). The van der Waals surface area contributed by atoms with Crippen molar-refractivity contribution in [3.63, 3.8) is 0 Å². The highest BCUT2D eigenvalue weighted by Crippen LogP contribution is 2.28. The molecule has 3 heterocycles. The van der Waals surface area contributed by atoms with Gasteiger partial charge in [0.1, 0.15) is 16.3 Å². The van der Waals surface area contributed by atoms with Crippen molar-refractivity contribution in [2.45, 2.75) is 19.5 Å². The van der Waals surface area contributed by atoms with E-state index in [1.165, 1.54) is 22.7 Å². The number of nitrogens with zero attached hydrogens (tertiary/aromatic N) is 3. The Balaban J connectivity index is 1.63. The number of hydrogen-bond acceptors (Lipinski definition) is 4. The van der Waals surface area contributed by atoms with Gasteiger partial charge in [0.15, 0.2) is 0 Å². The van der Waals surface area contributed by atoms with E-state index >= 15 is 0 Å². The van der Waals surface area contributed by atoms with Crippen LogP contribution in [0.2, 0.25) is 0 Å². The van der Waals surface area contributed by atoms with E-state index in [9.17, 15) is 17.6 Å². The number of hydrogen-bond donors (Lipinski definition) is 0. The Hall–Kier alpha value is -2.23. The zero-order valence-corrected chi connectivity index (χ0v) is 17.8. The average molecular weight is 436 g/mol. The van der Waals surface area contributed by atoms with Crippen LogP contribution in [0.15, 0.2) is 41.8 Å². The Labute approximate surface area is 173 Å². The second kappa shape index (κ2) is 7.55. The van der Waals surface area contributed by atoms with Crippen molar-refractivity contribution in [2.75, 3.05) is 25.9 Å². The van der Waals surface area contributed by atoms with Crippen LogP contribution < -0.4 is 0 Å². The molecule has 1 saturated heterocycles. The zero-order valence-electron chi connectivity index (χ0n) is 16.2. The van der Waals surface area contributed by atoms with Crippen molar-refractivity contribution >= 4 is 37.5 Å². The van der Waals surface area contributed by atoms with Gasteiger partial charge in [-0.15, -0.1) is 11.3 Å². The lowest BCUT2D eigenvalue weighted by Gasteiger charge is -2.38. The Kier molecular flexibility index (Phi) is 5.22. The predicted octanol–water partition coefficient (Wildman–Crippen LogP) is 3.00. The first-order valence-corrected chi connectivity index (χ1v) is 12.0. The quantitative estimate of drug-likeness (QED) is 0.633. The second-order valence-electron chi connectivity index (χ2n) is 7.40. The molecule has 3 aromatic rings. The maximum Gasteiger partial charge on any atom is 0.270 e. The zero-order chi connectivity index (χ0) is 20.8.